The quantitative estimate of drug-likeness (QED) is 0.257. The molecule has 0 aliphatic carbocycles. The molecule has 0 saturated heterocycles. The number of hydrogen-bond acceptors (Lipinski definition) is 3. The molecule has 0 radical (unpaired) electrons. The van der Waals surface area contributed by atoms with Gasteiger partial charge in [-0.2, -0.15) is 0 Å². The third kappa shape index (κ3) is 8.00. The maximum atomic E-state index is 13.0. The first-order valence-corrected chi connectivity index (χ1v) is 11.3. The standard InChI is InChI=1S/C30H22F2N2O3/c31-23-7-1-21(2-8-23)5-19-29(35)33-25-11-15-27(16-12-25)37-28-17-13-26(14-18-28)34-30(36)20-6-22-3-9-24(32)10-4-22/h1-20H,(H,33,35)(H,34,36)/b19-5+,20-6+. The Kier molecular flexibility index (Phi) is 8.18. The molecule has 5 nitrogen and oxygen atoms in total. The molecule has 4 aromatic rings. The zero-order valence-electron chi connectivity index (χ0n) is 19.5. The van der Waals surface area contributed by atoms with Gasteiger partial charge in [-0.05, 0) is 96.1 Å². The van der Waals surface area contributed by atoms with Gasteiger partial charge in [0.15, 0.2) is 0 Å². The third-order valence-corrected chi connectivity index (χ3v) is 5.07. The van der Waals surface area contributed by atoms with Crippen molar-refractivity contribution < 1.29 is 23.1 Å². The molecule has 2 N–H and O–H groups in total. The van der Waals surface area contributed by atoms with E-state index < -0.39 is 0 Å². The Bertz CT molecular complexity index is 1300. The van der Waals surface area contributed by atoms with E-state index in [1.807, 2.05) is 0 Å². The highest BCUT2D eigenvalue weighted by Crippen LogP contribution is 2.24. The molecule has 0 spiro atoms. The third-order valence-electron chi connectivity index (χ3n) is 5.07. The first kappa shape index (κ1) is 25.1. The van der Waals surface area contributed by atoms with E-state index in [2.05, 4.69) is 10.6 Å². The Morgan fingerprint density at radius 2 is 0.892 bits per heavy atom. The van der Waals surface area contributed by atoms with Crippen molar-refractivity contribution >= 4 is 35.3 Å². The molecule has 0 heterocycles. The lowest BCUT2D eigenvalue weighted by Gasteiger charge is -2.08. The summed E-state index contributed by atoms with van der Waals surface area (Å²) in [5, 5.41) is 5.49. The molecular weight excluding hydrogens is 474 g/mol. The Morgan fingerprint density at radius 1 is 0.541 bits per heavy atom. The Balaban J connectivity index is 1.26. The molecular formula is C30H22F2N2O3. The van der Waals surface area contributed by atoms with E-state index in [-0.39, 0.29) is 23.4 Å². The lowest BCUT2D eigenvalue weighted by atomic mass is 10.2. The van der Waals surface area contributed by atoms with Crippen LogP contribution in [0.5, 0.6) is 11.5 Å². The highest BCUT2D eigenvalue weighted by molar-refractivity contribution is 6.02. The average Bonchev–Trinajstić information content (AvgIpc) is 2.90. The first-order valence-electron chi connectivity index (χ1n) is 11.3. The van der Waals surface area contributed by atoms with Gasteiger partial charge in [-0.25, -0.2) is 8.78 Å². The van der Waals surface area contributed by atoms with Crippen molar-refractivity contribution in [3.8, 4) is 11.5 Å². The number of amides is 2. The van der Waals surface area contributed by atoms with Gasteiger partial charge >= 0.3 is 0 Å². The highest BCUT2D eigenvalue weighted by Gasteiger charge is 2.03. The van der Waals surface area contributed by atoms with E-state index in [1.165, 1.54) is 36.4 Å². The largest absolute Gasteiger partial charge is 0.457 e. The molecule has 0 bridgehead atoms. The van der Waals surface area contributed by atoms with Gasteiger partial charge in [-0.3, -0.25) is 9.59 Å². The van der Waals surface area contributed by atoms with E-state index in [9.17, 15) is 18.4 Å². The number of halogens is 2. The van der Waals surface area contributed by atoms with Crippen LogP contribution in [0.25, 0.3) is 12.2 Å². The van der Waals surface area contributed by atoms with Crippen LogP contribution < -0.4 is 15.4 Å². The number of benzene rings is 4. The summed E-state index contributed by atoms with van der Waals surface area (Å²) < 4.78 is 31.7. The molecule has 0 unspecified atom stereocenters. The van der Waals surface area contributed by atoms with Crippen LogP contribution in [-0.4, -0.2) is 11.8 Å². The summed E-state index contributed by atoms with van der Waals surface area (Å²) in [7, 11) is 0. The van der Waals surface area contributed by atoms with Gasteiger partial charge in [-0.1, -0.05) is 24.3 Å². The van der Waals surface area contributed by atoms with Crippen LogP contribution in [0, 0.1) is 11.6 Å². The lowest BCUT2D eigenvalue weighted by molar-refractivity contribution is -0.112. The summed E-state index contributed by atoms with van der Waals surface area (Å²) in [6, 6.07) is 25.4. The van der Waals surface area contributed by atoms with Crippen molar-refractivity contribution in [2.24, 2.45) is 0 Å². The first-order chi connectivity index (χ1) is 17.9. The average molecular weight is 497 g/mol. The molecule has 0 atom stereocenters. The van der Waals surface area contributed by atoms with E-state index in [0.29, 0.717) is 34.0 Å². The second-order valence-corrected chi connectivity index (χ2v) is 7.90. The van der Waals surface area contributed by atoms with Crippen molar-refractivity contribution in [3.63, 3.8) is 0 Å². The van der Waals surface area contributed by atoms with Crippen LogP contribution in [-0.2, 0) is 9.59 Å². The number of carbonyl (C=O) groups excluding carboxylic acids is 2. The van der Waals surface area contributed by atoms with Crippen molar-refractivity contribution in [2.75, 3.05) is 10.6 Å². The molecule has 0 aromatic heterocycles. The molecule has 0 aliphatic rings. The number of rotatable bonds is 8. The molecule has 0 aliphatic heterocycles. The minimum Gasteiger partial charge on any atom is -0.457 e. The van der Waals surface area contributed by atoms with E-state index in [0.717, 1.165) is 0 Å². The van der Waals surface area contributed by atoms with Crippen LogP contribution in [0.15, 0.2) is 109 Å². The number of nitrogens with one attached hydrogen (secondary N) is 2. The van der Waals surface area contributed by atoms with E-state index >= 15 is 0 Å². The van der Waals surface area contributed by atoms with Crippen LogP contribution in [0.2, 0.25) is 0 Å². The molecule has 4 aromatic carbocycles. The molecule has 0 fully saturated rings. The van der Waals surface area contributed by atoms with Gasteiger partial charge < -0.3 is 15.4 Å². The SMILES string of the molecule is O=C(/C=C/c1ccc(F)cc1)Nc1ccc(Oc2ccc(NC(=O)/C=C/c3ccc(F)cc3)cc2)cc1. The molecule has 7 heteroatoms. The predicted octanol–water partition coefficient (Wildman–Crippen LogP) is 7.06. The summed E-state index contributed by atoms with van der Waals surface area (Å²) in [5.41, 5.74) is 2.61. The van der Waals surface area contributed by atoms with Crippen LogP contribution >= 0.6 is 0 Å². The van der Waals surface area contributed by atoms with E-state index in [1.54, 1.807) is 84.9 Å². The minimum atomic E-state index is -0.334. The molecule has 2 amide bonds. The summed E-state index contributed by atoms with van der Waals surface area (Å²) in [4.78, 5) is 24.2. The van der Waals surface area contributed by atoms with Gasteiger partial charge in [0, 0.05) is 23.5 Å². The van der Waals surface area contributed by atoms with Crippen molar-refractivity contribution in [1.82, 2.24) is 0 Å². The normalized spacial score (nSPS) is 11.0. The summed E-state index contributed by atoms with van der Waals surface area (Å²) >= 11 is 0. The Hall–Kier alpha value is -5.04. The number of carbonyl (C=O) groups is 2. The van der Waals surface area contributed by atoms with Crippen molar-refractivity contribution in [2.45, 2.75) is 0 Å². The maximum absolute atomic E-state index is 13.0. The zero-order valence-corrected chi connectivity index (χ0v) is 19.5. The number of anilines is 2. The molecule has 4 rings (SSSR count). The van der Waals surface area contributed by atoms with Gasteiger partial charge in [0.05, 0.1) is 0 Å². The van der Waals surface area contributed by atoms with Crippen molar-refractivity contribution in [3.05, 3.63) is 132 Å². The molecule has 0 saturated carbocycles. The fourth-order valence-corrected chi connectivity index (χ4v) is 3.21. The van der Waals surface area contributed by atoms with E-state index in [4.69, 9.17) is 4.74 Å². The highest BCUT2D eigenvalue weighted by atomic mass is 19.1. The summed E-state index contributed by atoms with van der Waals surface area (Å²) in [6.07, 6.45) is 5.94. The molecule has 37 heavy (non-hydrogen) atoms. The Morgan fingerprint density at radius 3 is 1.24 bits per heavy atom. The monoisotopic (exact) mass is 496 g/mol. The lowest BCUT2D eigenvalue weighted by Crippen LogP contribution is -2.07. The zero-order chi connectivity index (χ0) is 26.0. The van der Waals surface area contributed by atoms with Crippen LogP contribution in [0.1, 0.15) is 11.1 Å². The number of hydrogen-bond donors (Lipinski definition) is 2. The maximum Gasteiger partial charge on any atom is 0.248 e. The van der Waals surface area contributed by atoms with Crippen LogP contribution in [0.3, 0.4) is 0 Å². The topological polar surface area (TPSA) is 67.4 Å². The van der Waals surface area contributed by atoms with Crippen LogP contribution in [0.4, 0.5) is 20.2 Å². The Labute approximate surface area is 212 Å². The fraction of sp³-hybridized carbons (Fsp3) is 0. The van der Waals surface area contributed by atoms with Gasteiger partial charge in [-0.15, -0.1) is 0 Å². The van der Waals surface area contributed by atoms with Gasteiger partial charge in [0.25, 0.3) is 0 Å². The van der Waals surface area contributed by atoms with Gasteiger partial charge in [0.1, 0.15) is 23.1 Å². The smallest absolute Gasteiger partial charge is 0.248 e. The predicted molar refractivity (Wildman–Crippen MR) is 141 cm³/mol. The second-order valence-electron chi connectivity index (χ2n) is 7.90. The van der Waals surface area contributed by atoms with Gasteiger partial charge in [0.2, 0.25) is 11.8 Å². The minimum absolute atomic E-state index is 0.317. The summed E-state index contributed by atoms with van der Waals surface area (Å²) in [5.74, 6) is -0.165. The second kappa shape index (κ2) is 12.1. The molecule has 184 valence electrons. The van der Waals surface area contributed by atoms with Crippen molar-refractivity contribution in [1.29, 1.82) is 0 Å². The summed E-state index contributed by atoms with van der Waals surface area (Å²) in [6.45, 7) is 0. The number of ether oxygens (including phenoxy) is 1. The fourth-order valence-electron chi connectivity index (χ4n) is 3.21.